The van der Waals surface area contributed by atoms with Crippen LogP contribution < -0.4 is 5.76 Å². The summed E-state index contributed by atoms with van der Waals surface area (Å²) in [6, 6.07) is 5.73. The van der Waals surface area contributed by atoms with Crippen LogP contribution in [-0.4, -0.2) is 59.2 Å². The number of benzene rings is 2. The zero-order valence-corrected chi connectivity index (χ0v) is 17.6. The highest BCUT2D eigenvalue weighted by atomic mass is 32.2. The highest BCUT2D eigenvalue weighted by Gasteiger charge is 2.32. The number of hydrogen-bond acceptors (Lipinski definition) is 7. The average molecular weight is 482 g/mol. The van der Waals surface area contributed by atoms with Crippen molar-refractivity contribution in [2.24, 2.45) is 0 Å². The Kier molecular flexibility index (Phi) is 5.71. The number of sulfonamides is 1. The summed E-state index contributed by atoms with van der Waals surface area (Å²) in [6.45, 7) is -0.701. The van der Waals surface area contributed by atoms with Crippen LogP contribution in [0.15, 0.2) is 50.5 Å². The molecular weight excluding hydrogens is 466 g/mol. The normalized spacial score (nSPS) is 15.2. The number of carbonyl (C=O) groups excluding carboxylic acids is 1. The molecule has 174 valence electrons. The summed E-state index contributed by atoms with van der Waals surface area (Å²) < 4.78 is 59.4. The lowest BCUT2D eigenvalue weighted by atomic mass is 10.3. The number of rotatable bonds is 5. The molecule has 0 saturated carbocycles. The molecule has 1 aliphatic rings. The summed E-state index contributed by atoms with van der Waals surface area (Å²) in [5, 5.41) is 10.9. The van der Waals surface area contributed by atoms with Gasteiger partial charge in [-0.25, -0.2) is 22.0 Å². The van der Waals surface area contributed by atoms with Gasteiger partial charge < -0.3 is 9.32 Å². The van der Waals surface area contributed by atoms with Crippen LogP contribution >= 0.6 is 0 Å². The molecule has 0 radical (unpaired) electrons. The van der Waals surface area contributed by atoms with Crippen molar-refractivity contribution in [2.75, 3.05) is 26.2 Å². The van der Waals surface area contributed by atoms with Crippen LogP contribution in [0, 0.1) is 21.7 Å². The quantitative estimate of drug-likeness (QED) is 0.395. The van der Waals surface area contributed by atoms with Crippen molar-refractivity contribution in [3.63, 3.8) is 0 Å². The molecule has 1 aromatic heterocycles. The summed E-state index contributed by atoms with van der Waals surface area (Å²) in [7, 11) is -4.23. The highest BCUT2D eigenvalue weighted by molar-refractivity contribution is 7.89. The lowest BCUT2D eigenvalue weighted by Gasteiger charge is -2.34. The van der Waals surface area contributed by atoms with Gasteiger partial charge in [0.2, 0.25) is 15.9 Å². The lowest BCUT2D eigenvalue weighted by molar-refractivity contribution is -0.384. The van der Waals surface area contributed by atoms with E-state index in [1.165, 1.54) is 17.0 Å². The van der Waals surface area contributed by atoms with Gasteiger partial charge in [0, 0.05) is 38.3 Å². The molecule has 0 aliphatic carbocycles. The maximum Gasteiger partial charge on any atom is 0.420 e. The van der Waals surface area contributed by atoms with Crippen LogP contribution in [0.1, 0.15) is 0 Å². The fourth-order valence-corrected chi connectivity index (χ4v) is 5.02. The van der Waals surface area contributed by atoms with Gasteiger partial charge in [-0.3, -0.25) is 19.5 Å². The first-order valence-electron chi connectivity index (χ1n) is 9.58. The van der Waals surface area contributed by atoms with E-state index in [4.69, 9.17) is 4.42 Å². The summed E-state index contributed by atoms with van der Waals surface area (Å²) in [5.41, 5.74) is -0.115. The minimum Gasteiger partial charge on any atom is -0.407 e. The second kappa shape index (κ2) is 8.37. The van der Waals surface area contributed by atoms with E-state index in [2.05, 4.69) is 0 Å². The van der Waals surface area contributed by atoms with E-state index < -0.39 is 49.7 Å². The Hall–Kier alpha value is -3.65. The minimum atomic E-state index is -4.23. The van der Waals surface area contributed by atoms with Gasteiger partial charge in [-0.15, -0.1) is 0 Å². The molecule has 2 aromatic carbocycles. The molecule has 1 amide bonds. The van der Waals surface area contributed by atoms with Crippen molar-refractivity contribution >= 4 is 32.7 Å². The van der Waals surface area contributed by atoms with Crippen LogP contribution in [0.2, 0.25) is 0 Å². The number of nitrogens with zero attached hydrogens (tertiary/aromatic N) is 4. The number of oxazole rings is 1. The molecule has 0 unspecified atom stereocenters. The Morgan fingerprint density at radius 1 is 1.09 bits per heavy atom. The largest absolute Gasteiger partial charge is 0.420 e. The summed E-state index contributed by atoms with van der Waals surface area (Å²) in [6.07, 6.45) is 0. The highest BCUT2D eigenvalue weighted by Crippen LogP contribution is 2.22. The van der Waals surface area contributed by atoms with Crippen molar-refractivity contribution in [2.45, 2.75) is 11.4 Å². The number of halogens is 2. The number of nitro groups is 1. The van der Waals surface area contributed by atoms with E-state index in [0.717, 1.165) is 27.1 Å². The first-order valence-corrected chi connectivity index (χ1v) is 11.0. The Morgan fingerprint density at radius 3 is 2.42 bits per heavy atom. The molecule has 14 heteroatoms. The smallest absolute Gasteiger partial charge is 0.407 e. The molecule has 0 N–H and O–H groups in total. The van der Waals surface area contributed by atoms with Gasteiger partial charge in [-0.1, -0.05) is 0 Å². The third kappa shape index (κ3) is 4.21. The predicted octanol–water partition coefficient (Wildman–Crippen LogP) is 1.31. The third-order valence-electron chi connectivity index (χ3n) is 5.26. The zero-order chi connectivity index (χ0) is 23.9. The Bertz CT molecular complexity index is 1430. The first-order chi connectivity index (χ1) is 15.6. The summed E-state index contributed by atoms with van der Waals surface area (Å²) in [4.78, 5) is 35.8. The minimum absolute atomic E-state index is 0.0170. The molecule has 2 heterocycles. The lowest BCUT2D eigenvalue weighted by Crippen LogP contribution is -2.51. The van der Waals surface area contributed by atoms with Crippen LogP contribution in [0.4, 0.5) is 14.5 Å². The number of piperazine rings is 1. The third-order valence-corrected chi connectivity index (χ3v) is 7.19. The predicted molar refractivity (Wildman–Crippen MR) is 109 cm³/mol. The number of carbonyl (C=O) groups is 1. The molecule has 0 spiro atoms. The van der Waals surface area contributed by atoms with Crippen molar-refractivity contribution in [1.82, 2.24) is 13.8 Å². The van der Waals surface area contributed by atoms with Gasteiger partial charge in [-0.05, 0) is 18.2 Å². The van der Waals surface area contributed by atoms with E-state index in [-0.39, 0.29) is 43.0 Å². The summed E-state index contributed by atoms with van der Waals surface area (Å²) in [5.74, 6) is -3.48. The SMILES string of the molecule is O=C(Cn1c(=O)oc2cc([N+](=O)[O-])ccc21)N1CCN(S(=O)(=O)c2ccc(F)cc2F)CC1. The van der Waals surface area contributed by atoms with Crippen LogP contribution in [0.3, 0.4) is 0 Å². The maximum atomic E-state index is 14.0. The molecule has 1 saturated heterocycles. The Balaban J connectivity index is 1.46. The molecule has 0 atom stereocenters. The first kappa shape index (κ1) is 22.5. The van der Waals surface area contributed by atoms with Crippen LogP contribution in [-0.2, 0) is 21.4 Å². The molecule has 0 bridgehead atoms. The van der Waals surface area contributed by atoms with E-state index in [0.29, 0.717) is 6.07 Å². The number of fused-ring (bicyclic) bond motifs is 1. The number of hydrogen-bond donors (Lipinski definition) is 0. The number of amides is 1. The fourth-order valence-electron chi connectivity index (χ4n) is 3.55. The van der Waals surface area contributed by atoms with E-state index in [1.807, 2.05) is 0 Å². The second-order valence-electron chi connectivity index (χ2n) is 7.22. The van der Waals surface area contributed by atoms with E-state index in [9.17, 15) is 36.9 Å². The van der Waals surface area contributed by atoms with Gasteiger partial charge in [-0.2, -0.15) is 4.31 Å². The van der Waals surface area contributed by atoms with Crippen molar-refractivity contribution in [1.29, 1.82) is 0 Å². The number of nitro benzene ring substituents is 1. The van der Waals surface area contributed by atoms with E-state index in [1.54, 1.807) is 0 Å². The molecule has 1 aliphatic heterocycles. The summed E-state index contributed by atoms with van der Waals surface area (Å²) >= 11 is 0. The molecule has 3 aromatic rings. The van der Waals surface area contributed by atoms with E-state index >= 15 is 0 Å². The topological polar surface area (TPSA) is 136 Å². The van der Waals surface area contributed by atoms with Crippen LogP contribution in [0.25, 0.3) is 11.1 Å². The molecule has 1 fully saturated rings. The monoisotopic (exact) mass is 482 g/mol. The Labute approximate surface area is 184 Å². The van der Waals surface area contributed by atoms with Gasteiger partial charge in [0.05, 0.1) is 16.5 Å². The second-order valence-corrected chi connectivity index (χ2v) is 9.13. The number of non-ortho nitro benzene ring substituents is 1. The molecular formula is C19H16F2N4O7S. The standard InChI is InChI=1S/C19H16F2N4O7S/c20-12-1-4-17(14(21)9-12)33(30,31)23-7-5-22(6-8-23)18(26)11-24-15-3-2-13(25(28)29)10-16(15)32-19(24)27/h1-4,9-10H,5-8,11H2. The zero-order valence-electron chi connectivity index (χ0n) is 16.8. The van der Waals surface area contributed by atoms with Crippen LogP contribution in [0.5, 0.6) is 0 Å². The maximum absolute atomic E-state index is 14.0. The van der Waals surface area contributed by atoms with Crippen molar-refractivity contribution in [3.05, 3.63) is 68.7 Å². The molecule has 33 heavy (non-hydrogen) atoms. The van der Waals surface area contributed by atoms with Gasteiger partial charge in [0.25, 0.3) is 5.69 Å². The Morgan fingerprint density at radius 2 is 1.79 bits per heavy atom. The fraction of sp³-hybridized carbons (Fsp3) is 0.263. The number of aromatic nitrogens is 1. The van der Waals surface area contributed by atoms with Gasteiger partial charge >= 0.3 is 5.76 Å². The van der Waals surface area contributed by atoms with Gasteiger partial charge in [0.1, 0.15) is 23.1 Å². The average Bonchev–Trinajstić information content (AvgIpc) is 3.07. The van der Waals surface area contributed by atoms with Crippen molar-refractivity contribution in [3.8, 4) is 0 Å². The molecule has 11 nitrogen and oxygen atoms in total. The molecule has 4 rings (SSSR count). The van der Waals surface area contributed by atoms with Crippen molar-refractivity contribution < 1.29 is 31.3 Å². The van der Waals surface area contributed by atoms with Gasteiger partial charge in [0.15, 0.2) is 5.58 Å².